The summed E-state index contributed by atoms with van der Waals surface area (Å²) in [5.74, 6) is 0.844. The molecule has 8 heteroatoms. The predicted octanol–water partition coefficient (Wildman–Crippen LogP) is 5.42. The minimum absolute atomic E-state index is 0.0423. The molecule has 0 spiro atoms. The van der Waals surface area contributed by atoms with Gasteiger partial charge in [-0.25, -0.2) is 0 Å². The molecule has 0 radical (unpaired) electrons. The largest absolute Gasteiger partial charge is 0.512 e. The van der Waals surface area contributed by atoms with E-state index in [0.29, 0.717) is 52.7 Å². The van der Waals surface area contributed by atoms with Gasteiger partial charge in [0.15, 0.2) is 0 Å². The van der Waals surface area contributed by atoms with E-state index in [-0.39, 0.29) is 17.6 Å². The Hall–Kier alpha value is -4.77. The van der Waals surface area contributed by atoms with E-state index in [0.717, 1.165) is 10.9 Å². The van der Waals surface area contributed by atoms with Gasteiger partial charge in [0.25, 0.3) is 5.91 Å². The Morgan fingerprint density at radius 1 is 1.24 bits per heavy atom. The first kappa shape index (κ1) is 21.1. The Morgan fingerprint density at radius 3 is 2.82 bits per heavy atom. The van der Waals surface area contributed by atoms with Crippen LogP contribution in [-0.4, -0.2) is 27.8 Å². The quantitative estimate of drug-likeness (QED) is 0.348. The second kappa shape index (κ2) is 8.64. The van der Waals surface area contributed by atoms with Gasteiger partial charge in [0, 0.05) is 34.2 Å². The summed E-state index contributed by atoms with van der Waals surface area (Å²) in [5, 5.41) is 30.1. The molecule has 0 fully saturated rings. The highest BCUT2D eigenvalue weighted by Gasteiger charge is 2.26. The van der Waals surface area contributed by atoms with Crippen LogP contribution in [0.3, 0.4) is 0 Å². The van der Waals surface area contributed by atoms with Gasteiger partial charge in [-0.05, 0) is 55.0 Å². The van der Waals surface area contributed by atoms with Crippen molar-refractivity contribution in [3.05, 3.63) is 89.8 Å². The molecule has 1 aromatic heterocycles. The molecular weight excluding hydrogens is 432 g/mol. The summed E-state index contributed by atoms with van der Waals surface area (Å²) in [6.07, 6.45) is 2.28. The minimum atomic E-state index is -0.281. The first-order chi connectivity index (χ1) is 16.5. The number of aliphatic hydroxyl groups is 1. The molecule has 1 aliphatic heterocycles. The van der Waals surface area contributed by atoms with E-state index in [9.17, 15) is 15.2 Å². The smallest absolute Gasteiger partial charge is 0.255 e. The maximum atomic E-state index is 12.6. The summed E-state index contributed by atoms with van der Waals surface area (Å²) >= 11 is 0. The molecule has 0 bridgehead atoms. The molecule has 0 aliphatic carbocycles. The van der Waals surface area contributed by atoms with Crippen LogP contribution in [0.2, 0.25) is 0 Å². The van der Waals surface area contributed by atoms with Gasteiger partial charge in [0.05, 0.1) is 29.6 Å². The van der Waals surface area contributed by atoms with E-state index in [1.54, 1.807) is 48.7 Å². The number of ether oxygens (including phenoxy) is 2. The number of nitrogens with zero attached hydrogens (tertiary/aromatic N) is 2. The summed E-state index contributed by atoms with van der Waals surface area (Å²) in [6, 6.07) is 17.5. The maximum Gasteiger partial charge on any atom is 0.255 e. The van der Waals surface area contributed by atoms with E-state index in [1.807, 2.05) is 12.1 Å². The molecule has 1 aliphatic rings. The Morgan fingerprint density at radius 2 is 2.06 bits per heavy atom. The van der Waals surface area contributed by atoms with Crippen LogP contribution in [0.1, 0.15) is 33.8 Å². The van der Waals surface area contributed by atoms with Gasteiger partial charge in [-0.1, -0.05) is 6.58 Å². The number of aliphatic hydroxyl groups excluding tert-OH is 1. The number of fused-ring (bicyclic) bond motifs is 2. The summed E-state index contributed by atoms with van der Waals surface area (Å²) < 4.78 is 11.6. The maximum absolute atomic E-state index is 12.6. The lowest BCUT2D eigenvalue weighted by molar-refractivity contribution is 0.102. The van der Waals surface area contributed by atoms with Crippen LogP contribution >= 0.6 is 0 Å². The fourth-order valence-corrected chi connectivity index (χ4v) is 3.96. The number of nitriles is 1. The summed E-state index contributed by atoms with van der Waals surface area (Å²) in [7, 11) is 0. The molecule has 3 aromatic carbocycles. The van der Waals surface area contributed by atoms with Gasteiger partial charge >= 0.3 is 0 Å². The third-order valence-corrected chi connectivity index (χ3v) is 5.72. The van der Waals surface area contributed by atoms with Crippen molar-refractivity contribution in [1.82, 2.24) is 10.2 Å². The van der Waals surface area contributed by atoms with Crippen LogP contribution in [0.15, 0.2) is 73.1 Å². The van der Waals surface area contributed by atoms with E-state index in [4.69, 9.17) is 9.47 Å². The van der Waals surface area contributed by atoms with Crippen molar-refractivity contribution in [3.63, 3.8) is 0 Å². The SMILES string of the molecule is C=C(O)C1CCOc2cc(Oc3ccc(C(=O)Nc4ccc5[nH]ncc5c4)cc3)c(C#N)cc21. The van der Waals surface area contributed by atoms with Crippen molar-refractivity contribution >= 4 is 22.5 Å². The minimum Gasteiger partial charge on any atom is -0.512 e. The fraction of sp³-hybridized carbons (Fsp3) is 0.115. The molecule has 0 saturated heterocycles. The summed E-state index contributed by atoms with van der Waals surface area (Å²) in [5.41, 5.74) is 3.03. The lowest BCUT2D eigenvalue weighted by atomic mass is 9.90. The number of rotatable bonds is 5. The molecule has 34 heavy (non-hydrogen) atoms. The molecule has 4 aromatic rings. The number of aromatic amines is 1. The van der Waals surface area contributed by atoms with Gasteiger partial charge in [-0.2, -0.15) is 10.4 Å². The monoisotopic (exact) mass is 452 g/mol. The van der Waals surface area contributed by atoms with Gasteiger partial charge < -0.3 is 19.9 Å². The van der Waals surface area contributed by atoms with Crippen LogP contribution in [0.5, 0.6) is 17.2 Å². The first-order valence-corrected chi connectivity index (χ1v) is 10.6. The number of nitrogens with one attached hydrogen (secondary N) is 2. The number of carbonyl (C=O) groups excluding carboxylic acids is 1. The van der Waals surface area contributed by atoms with E-state index in [2.05, 4.69) is 28.2 Å². The molecule has 168 valence electrons. The summed E-state index contributed by atoms with van der Waals surface area (Å²) in [6.45, 7) is 4.06. The lowest BCUT2D eigenvalue weighted by Crippen LogP contribution is -2.16. The molecule has 1 amide bonds. The normalized spacial score (nSPS) is 14.5. The third kappa shape index (κ3) is 4.02. The number of anilines is 1. The van der Waals surface area contributed by atoms with E-state index < -0.39 is 0 Å². The van der Waals surface area contributed by atoms with Crippen molar-refractivity contribution < 1.29 is 19.4 Å². The molecule has 1 unspecified atom stereocenters. The molecule has 0 saturated carbocycles. The highest BCUT2D eigenvalue weighted by molar-refractivity contribution is 6.05. The van der Waals surface area contributed by atoms with Crippen LogP contribution < -0.4 is 14.8 Å². The highest BCUT2D eigenvalue weighted by atomic mass is 16.5. The van der Waals surface area contributed by atoms with E-state index in [1.165, 1.54) is 0 Å². The second-order valence-corrected chi connectivity index (χ2v) is 7.93. The predicted molar refractivity (Wildman–Crippen MR) is 126 cm³/mol. The molecule has 3 N–H and O–H groups in total. The summed E-state index contributed by atoms with van der Waals surface area (Å²) in [4.78, 5) is 12.6. The number of aromatic nitrogens is 2. The van der Waals surface area contributed by atoms with Crippen LogP contribution in [0.25, 0.3) is 10.9 Å². The number of hydrogen-bond acceptors (Lipinski definition) is 6. The molecule has 5 rings (SSSR count). The van der Waals surface area contributed by atoms with Crippen molar-refractivity contribution in [3.8, 4) is 23.3 Å². The zero-order valence-corrected chi connectivity index (χ0v) is 18.0. The Kier molecular flexibility index (Phi) is 5.36. The Labute approximate surface area is 195 Å². The van der Waals surface area contributed by atoms with Crippen molar-refractivity contribution in [2.24, 2.45) is 0 Å². The van der Waals surface area contributed by atoms with Gasteiger partial charge in [0.2, 0.25) is 0 Å². The first-order valence-electron chi connectivity index (χ1n) is 10.6. The van der Waals surface area contributed by atoms with Crippen LogP contribution in [0, 0.1) is 11.3 Å². The van der Waals surface area contributed by atoms with Crippen LogP contribution in [-0.2, 0) is 0 Å². The number of allylic oxidation sites excluding steroid dienone is 1. The highest BCUT2D eigenvalue weighted by Crippen LogP contribution is 2.41. The van der Waals surface area contributed by atoms with Gasteiger partial charge in [-0.3, -0.25) is 9.89 Å². The molecule has 2 heterocycles. The molecular formula is C26H20N4O4. The standard InChI is InChI=1S/C26H20N4O4/c1-15(31)21-8-9-33-25-12-24(17(13-27)11-22(21)25)34-20-5-2-16(3-6-20)26(32)29-19-4-7-23-18(10-19)14-28-30-23/h2-7,10-12,14,21,31H,1,8-9H2,(H,28,30)(H,29,32). The van der Waals surface area contributed by atoms with Crippen molar-refractivity contribution in [1.29, 1.82) is 5.26 Å². The number of benzene rings is 3. The second-order valence-electron chi connectivity index (χ2n) is 7.93. The number of hydrogen-bond donors (Lipinski definition) is 3. The number of carbonyl (C=O) groups is 1. The molecule has 1 atom stereocenters. The average molecular weight is 452 g/mol. The lowest BCUT2D eigenvalue weighted by Gasteiger charge is -2.26. The van der Waals surface area contributed by atoms with Gasteiger partial charge in [-0.15, -0.1) is 0 Å². The number of amides is 1. The Balaban J connectivity index is 1.33. The zero-order chi connectivity index (χ0) is 23.7. The number of H-pyrrole nitrogens is 1. The van der Waals surface area contributed by atoms with Crippen LogP contribution in [0.4, 0.5) is 5.69 Å². The topological polar surface area (TPSA) is 120 Å². The molecule has 8 nitrogen and oxygen atoms in total. The third-order valence-electron chi connectivity index (χ3n) is 5.72. The van der Waals surface area contributed by atoms with Crippen molar-refractivity contribution in [2.75, 3.05) is 11.9 Å². The Bertz CT molecular complexity index is 1450. The van der Waals surface area contributed by atoms with E-state index >= 15 is 0 Å². The average Bonchev–Trinajstić information content (AvgIpc) is 3.31. The van der Waals surface area contributed by atoms with Crippen molar-refractivity contribution in [2.45, 2.75) is 12.3 Å². The van der Waals surface area contributed by atoms with Gasteiger partial charge in [0.1, 0.15) is 23.3 Å². The fourth-order valence-electron chi connectivity index (χ4n) is 3.96. The zero-order valence-electron chi connectivity index (χ0n) is 18.0.